The van der Waals surface area contributed by atoms with Crippen LogP contribution >= 0.6 is 11.6 Å². The fourth-order valence-corrected chi connectivity index (χ4v) is 2.90. The van der Waals surface area contributed by atoms with Gasteiger partial charge in [0.2, 0.25) is 0 Å². The Kier molecular flexibility index (Phi) is 4.95. The van der Waals surface area contributed by atoms with E-state index >= 15 is 0 Å². The van der Waals surface area contributed by atoms with E-state index in [2.05, 4.69) is 20.1 Å². The lowest BCUT2D eigenvalue weighted by molar-refractivity contribution is 0.0955. The molecule has 0 saturated carbocycles. The zero-order valence-corrected chi connectivity index (χ0v) is 14.7. The van der Waals surface area contributed by atoms with E-state index in [0.717, 1.165) is 22.6 Å². The molecule has 5 nitrogen and oxygen atoms in total. The molecule has 1 amide bonds. The third-order valence-electron chi connectivity index (χ3n) is 3.88. The normalized spacial score (nSPS) is 11.0. The van der Waals surface area contributed by atoms with Crippen LogP contribution in [0.15, 0.2) is 60.0 Å². The number of aryl methyl sites for hydroxylation is 1. The minimum atomic E-state index is -0.343. The predicted molar refractivity (Wildman–Crippen MR) is 99.6 cm³/mol. The van der Waals surface area contributed by atoms with Crippen LogP contribution in [0.3, 0.4) is 0 Å². The van der Waals surface area contributed by atoms with Crippen LogP contribution in [0, 0.1) is 13.8 Å². The van der Waals surface area contributed by atoms with Crippen LogP contribution in [0.2, 0.25) is 5.02 Å². The van der Waals surface area contributed by atoms with Gasteiger partial charge in [0.15, 0.2) is 0 Å². The number of hydrogen-bond donors (Lipinski definition) is 1. The van der Waals surface area contributed by atoms with E-state index in [1.165, 1.54) is 0 Å². The number of aromatic nitrogens is 2. The van der Waals surface area contributed by atoms with Gasteiger partial charge in [0, 0.05) is 35.0 Å². The van der Waals surface area contributed by atoms with E-state index < -0.39 is 0 Å². The van der Waals surface area contributed by atoms with Crippen LogP contribution in [0.1, 0.15) is 27.3 Å². The first-order valence-electron chi connectivity index (χ1n) is 7.75. The van der Waals surface area contributed by atoms with Crippen molar-refractivity contribution in [1.82, 2.24) is 15.0 Å². The zero-order chi connectivity index (χ0) is 17.8. The van der Waals surface area contributed by atoms with Crippen molar-refractivity contribution in [2.24, 2.45) is 5.10 Å². The van der Waals surface area contributed by atoms with Gasteiger partial charge in [-0.3, -0.25) is 9.78 Å². The number of rotatable bonds is 4. The summed E-state index contributed by atoms with van der Waals surface area (Å²) in [7, 11) is 0. The van der Waals surface area contributed by atoms with Crippen molar-refractivity contribution >= 4 is 23.7 Å². The Morgan fingerprint density at radius 3 is 2.64 bits per heavy atom. The Bertz CT molecular complexity index is 932. The lowest BCUT2D eigenvalue weighted by Crippen LogP contribution is -2.18. The summed E-state index contributed by atoms with van der Waals surface area (Å²) < 4.78 is 2.11. The standard InChI is InChI=1S/C19H17ClN4O/c1-13-11-15(14(2)24(13)16-7-9-21-10-8-16)12-22-23-19(25)17-5-3-4-6-18(17)20/h3-12H,1-2H3,(H,23,25). The molecular weight excluding hydrogens is 336 g/mol. The van der Waals surface area contributed by atoms with Gasteiger partial charge in [-0.15, -0.1) is 0 Å². The number of hydrogen-bond acceptors (Lipinski definition) is 3. The lowest BCUT2D eigenvalue weighted by atomic mass is 10.2. The monoisotopic (exact) mass is 352 g/mol. The molecule has 0 atom stereocenters. The Balaban J connectivity index is 1.79. The minimum Gasteiger partial charge on any atom is -0.318 e. The SMILES string of the molecule is Cc1cc(C=NNC(=O)c2ccccc2Cl)c(C)n1-c1ccncc1. The number of amides is 1. The van der Waals surface area contributed by atoms with Gasteiger partial charge >= 0.3 is 0 Å². The topological polar surface area (TPSA) is 59.3 Å². The number of nitrogens with one attached hydrogen (secondary N) is 1. The van der Waals surface area contributed by atoms with Crippen molar-refractivity contribution in [2.45, 2.75) is 13.8 Å². The van der Waals surface area contributed by atoms with Crippen LogP contribution in [0.5, 0.6) is 0 Å². The second-order valence-corrected chi connectivity index (χ2v) is 5.95. The smallest absolute Gasteiger partial charge is 0.272 e. The quantitative estimate of drug-likeness (QED) is 0.571. The van der Waals surface area contributed by atoms with E-state index in [0.29, 0.717) is 10.6 Å². The molecule has 0 fully saturated rings. The molecule has 0 spiro atoms. The second kappa shape index (κ2) is 7.32. The highest BCUT2D eigenvalue weighted by Crippen LogP contribution is 2.19. The second-order valence-electron chi connectivity index (χ2n) is 5.55. The molecule has 1 N–H and O–H groups in total. The Morgan fingerprint density at radius 1 is 1.20 bits per heavy atom. The number of pyridine rings is 1. The summed E-state index contributed by atoms with van der Waals surface area (Å²) in [5.41, 5.74) is 6.96. The lowest BCUT2D eigenvalue weighted by Gasteiger charge is -2.08. The molecular formula is C19H17ClN4O. The zero-order valence-electron chi connectivity index (χ0n) is 13.9. The summed E-state index contributed by atoms with van der Waals surface area (Å²) in [5, 5.41) is 4.45. The molecule has 25 heavy (non-hydrogen) atoms. The fraction of sp³-hybridized carbons (Fsp3) is 0.105. The Labute approximate surface area is 151 Å². The highest BCUT2D eigenvalue weighted by atomic mass is 35.5. The van der Waals surface area contributed by atoms with Gasteiger partial charge < -0.3 is 4.57 Å². The summed E-state index contributed by atoms with van der Waals surface area (Å²) >= 11 is 6.01. The highest BCUT2D eigenvalue weighted by molar-refractivity contribution is 6.33. The average molecular weight is 353 g/mol. The summed E-state index contributed by atoms with van der Waals surface area (Å²) in [6.45, 7) is 4.03. The molecule has 1 aromatic carbocycles. The maximum absolute atomic E-state index is 12.1. The molecule has 0 radical (unpaired) electrons. The van der Waals surface area contributed by atoms with Gasteiger partial charge in [-0.1, -0.05) is 23.7 Å². The molecule has 2 aromatic heterocycles. The third-order valence-corrected chi connectivity index (χ3v) is 4.21. The van der Waals surface area contributed by atoms with E-state index in [1.807, 2.05) is 32.0 Å². The Morgan fingerprint density at radius 2 is 1.92 bits per heavy atom. The number of carbonyl (C=O) groups excluding carboxylic acids is 1. The summed E-state index contributed by atoms with van der Waals surface area (Å²) in [6.07, 6.45) is 5.15. The van der Waals surface area contributed by atoms with Crippen molar-refractivity contribution < 1.29 is 4.79 Å². The fourth-order valence-electron chi connectivity index (χ4n) is 2.67. The minimum absolute atomic E-state index is 0.343. The number of carbonyl (C=O) groups is 1. The molecule has 0 aliphatic heterocycles. The van der Waals surface area contributed by atoms with Crippen LogP contribution < -0.4 is 5.43 Å². The van der Waals surface area contributed by atoms with E-state index in [1.54, 1.807) is 42.9 Å². The van der Waals surface area contributed by atoms with E-state index in [9.17, 15) is 4.79 Å². The molecule has 6 heteroatoms. The maximum Gasteiger partial charge on any atom is 0.272 e. The van der Waals surface area contributed by atoms with Crippen LogP contribution in [0.25, 0.3) is 5.69 Å². The highest BCUT2D eigenvalue weighted by Gasteiger charge is 2.10. The number of hydrazone groups is 1. The van der Waals surface area contributed by atoms with Crippen LogP contribution in [-0.2, 0) is 0 Å². The first-order chi connectivity index (χ1) is 12.1. The Hall–Kier alpha value is -2.92. The van der Waals surface area contributed by atoms with Gasteiger partial charge in [-0.05, 0) is 44.2 Å². The number of nitrogens with zero attached hydrogens (tertiary/aromatic N) is 3. The molecule has 0 saturated heterocycles. The van der Waals surface area contributed by atoms with Gasteiger partial charge in [0.1, 0.15) is 0 Å². The van der Waals surface area contributed by atoms with Crippen LogP contribution in [-0.4, -0.2) is 21.7 Å². The molecule has 0 bridgehead atoms. The van der Waals surface area contributed by atoms with E-state index in [-0.39, 0.29) is 5.91 Å². The molecule has 3 rings (SSSR count). The molecule has 0 unspecified atom stereocenters. The number of halogens is 1. The van der Waals surface area contributed by atoms with Gasteiger partial charge in [0.25, 0.3) is 5.91 Å². The van der Waals surface area contributed by atoms with Crippen molar-refractivity contribution in [3.8, 4) is 5.69 Å². The van der Waals surface area contributed by atoms with Crippen molar-refractivity contribution in [3.63, 3.8) is 0 Å². The average Bonchev–Trinajstić information content (AvgIpc) is 2.89. The third kappa shape index (κ3) is 3.61. The largest absolute Gasteiger partial charge is 0.318 e. The predicted octanol–water partition coefficient (Wildman–Crippen LogP) is 3.91. The summed E-state index contributed by atoms with van der Waals surface area (Å²) in [6, 6.07) is 12.8. The van der Waals surface area contributed by atoms with Crippen molar-refractivity contribution in [3.05, 3.63) is 82.4 Å². The first-order valence-corrected chi connectivity index (χ1v) is 8.13. The molecule has 126 valence electrons. The number of benzene rings is 1. The van der Waals surface area contributed by atoms with Gasteiger partial charge in [-0.25, -0.2) is 5.43 Å². The maximum atomic E-state index is 12.1. The molecule has 0 aliphatic rings. The molecule has 2 heterocycles. The summed E-state index contributed by atoms with van der Waals surface area (Å²) in [5.74, 6) is -0.343. The van der Waals surface area contributed by atoms with Crippen molar-refractivity contribution in [2.75, 3.05) is 0 Å². The van der Waals surface area contributed by atoms with Crippen LogP contribution in [0.4, 0.5) is 0 Å². The van der Waals surface area contributed by atoms with Gasteiger partial charge in [0.05, 0.1) is 16.8 Å². The molecule has 3 aromatic rings. The van der Waals surface area contributed by atoms with Crippen molar-refractivity contribution in [1.29, 1.82) is 0 Å². The van der Waals surface area contributed by atoms with Gasteiger partial charge in [-0.2, -0.15) is 5.10 Å². The molecule has 0 aliphatic carbocycles. The first kappa shape index (κ1) is 16.9. The van der Waals surface area contributed by atoms with E-state index in [4.69, 9.17) is 11.6 Å². The summed E-state index contributed by atoms with van der Waals surface area (Å²) in [4.78, 5) is 16.2.